The average molecular weight is 407 g/mol. The fourth-order valence-electron chi connectivity index (χ4n) is 2.91. The van der Waals surface area contributed by atoms with E-state index in [1.165, 1.54) is 0 Å². The molecule has 0 atom stereocenters. The zero-order chi connectivity index (χ0) is 20.6. The Morgan fingerprint density at radius 1 is 1.17 bits per heavy atom. The lowest BCUT2D eigenvalue weighted by molar-refractivity contribution is 0.0696. The monoisotopic (exact) mass is 407 g/mol. The maximum atomic E-state index is 11.1. The molecule has 0 saturated carbocycles. The van der Waals surface area contributed by atoms with E-state index in [4.69, 9.17) is 19.2 Å². The zero-order valence-corrected chi connectivity index (χ0v) is 17.2. The summed E-state index contributed by atoms with van der Waals surface area (Å²) in [5.41, 5.74) is 2.87. The summed E-state index contributed by atoms with van der Waals surface area (Å²) in [7, 11) is 0. The first-order valence-electron chi connectivity index (χ1n) is 9.24. The molecule has 4 rings (SSSR count). The van der Waals surface area contributed by atoms with Crippen molar-refractivity contribution < 1.29 is 19.1 Å². The number of ether oxygens (including phenoxy) is 1. The molecule has 0 amide bonds. The lowest BCUT2D eigenvalue weighted by Gasteiger charge is -2.13. The molecular formula is C23H21NO4S. The molecule has 148 valence electrons. The maximum Gasteiger partial charge on any atom is 0.335 e. The van der Waals surface area contributed by atoms with Crippen LogP contribution in [0.3, 0.4) is 0 Å². The largest absolute Gasteiger partial charge is 0.489 e. The first-order chi connectivity index (χ1) is 13.8. The van der Waals surface area contributed by atoms with E-state index in [0.717, 1.165) is 33.0 Å². The predicted molar refractivity (Wildman–Crippen MR) is 114 cm³/mol. The molecule has 0 aliphatic heterocycles. The first kappa shape index (κ1) is 19.2. The van der Waals surface area contributed by atoms with Crippen molar-refractivity contribution >= 4 is 28.3 Å². The van der Waals surface area contributed by atoms with Crippen LogP contribution in [0, 0.1) is 0 Å². The predicted octanol–water partition coefficient (Wildman–Crippen LogP) is 6.13. The second-order valence-corrected chi connectivity index (χ2v) is 8.75. The molecule has 4 aromatic rings. The Morgan fingerprint density at radius 2 is 2.00 bits per heavy atom. The van der Waals surface area contributed by atoms with E-state index >= 15 is 0 Å². The fourth-order valence-corrected chi connectivity index (χ4v) is 3.91. The number of hydrogen-bond acceptors (Lipinski definition) is 5. The Kier molecular flexibility index (Phi) is 4.88. The van der Waals surface area contributed by atoms with Crippen molar-refractivity contribution in [2.75, 3.05) is 0 Å². The number of hydrogen-bond donors (Lipinski definition) is 1. The molecule has 0 aliphatic carbocycles. The Bertz CT molecular complexity index is 1180. The Morgan fingerprint density at radius 3 is 2.72 bits per heavy atom. The minimum absolute atomic E-state index is 0.000281. The number of carboxylic acid groups (broad SMARTS) is 1. The SMILES string of the molecule is CC(C)(C)c1csc(-c2cc3cc(OCc4cccc(C(=O)O)c4)ccc3o2)n1. The highest BCUT2D eigenvalue weighted by Gasteiger charge is 2.19. The number of fused-ring (bicyclic) bond motifs is 1. The van der Waals surface area contributed by atoms with Gasteiger partial charge in [-0.05, 0) is 42.0 Å². The van der Waals surface area contributed by atoms with Crippen LogP contribution >= 0.6 is 11.3 Å². The third-order valence-corrected chi connectivity index (χ3v) is 5.41. The smallest absolute Gasteiger partial charge is 0.335 e. The highest BCUT2D eigenvalue weighted by molar-refractivity contribution is 7.13. The lowest BCUT2D eigenvalue weighted by Crippen LogP contribution is -2.11. The maximum absolute atomic E-state index is 11.1. The van der Waals surface area contributed by atoms with Gasteiger partial charge in [-0.15, -0.1) is 11.3 Å². The van der Waals surface area contributed by atoms with Gasteiger partial charge in [0.2, 0.25) is 0 Å². The van der Waals surface area contributed by atoms with Crippen molar-refractivity contribution in [3.05, 3.63) is 70.7 Å². The normalized spacial score (nSPS) is 11.7. The molecule has 0 fully saturated rings. The highest BCUT2D eigenvalue weighted by atomic mass is 32.1. The highest BCUT2D eigenvalue weighted by Crippen LogP contribution is 2.34. The van der Waals surface area contributed by atoms with Gasteiger partial charge in [-0.3, -0.25) is 0 Å². The van der Waals surface area contributed by atoms with Crippen molar-refractivity contribution in [2.24, 2.45) is 0 Å². The zero-order valence-electron chi connectivity index (χ0n) is 16.4. The molecule has 1 N–H and O–H groups in total. The number of aromatic carboxylic acids is 1. The molecule has 0 unspecified atom stereocenters. The summed E-state index contributed by atoms with van der Waals surface area (Å²) >= 11 is 1.58. The van der Waals surface area contributed by atoms with E-state index in [1.54, 1.807) is 29.5 Å². The van der Waals surface area contributed by atoms with Gasteiger partial charge in [0, 0.05) is 16.2 Å². The molecule has 0 radical (unpaired) electrons. The van der Waals surface area contributed by atoms with Crippen LogP contribution in [0.25, 0.3) is 21.7 Å². The van der Waals surface area contributed by atoms with Gasteiger partial charge in [0.05, 0.1) is 11.3 Å². The van der Waals surface area contributed by atoms with E-state index in [2.05, 4.69) is 26.2 Å². The molecule has 2 heterocycles. The lowest BCUT2D eigenvalue weighted by atomic mass is 9.93. The Labute approximate surface area is 172 Å². The van der Waals surface area contributed by atoms with Crippen LogP contribution in [0.2, 0.25) is 0 Å². The first-order valence-corrected chi connectivity index (χ1v) is 10.1. The number of carboxylic acids is 1. The van der Waals surface area contributed by atoms with E-state index in [0.29, 0.717) is 12.4 Å². The van der Waals surface area contributed by atoms with Gasteiger partial charge in [-0.2, -0.15) is 0 Å². The Balaban J connectivity index is 1.53. The molecule has 2 aromatic heterocycles. The number of aromatic nitrogens is 1. The number of benzene rings is 2. The number of rotatable bonds is 5. The number of carbonyl (C=O) groups is 1. The third kappa shape index (κ3) is 4.17. The number of furan rings is 1. The quantitative estimate of drug-likeness (QED) is 0.431. The summed E-state index contributed by atoms with van der Waals surface area (Å²) in [6.07, 6.45) is 0. The van der Waals surface area contributed by atoms with Crippen LogP contribution in [0.4, 0.5) is 0 Å². The minimum atomic E-state index is -0.948. The second-order valence-electron chi connectivity index (χ2n) is 7.89. The van der Waals surface area contributed by atoms with Crippen LogP contribution in [-0.4, -0.2) is 16.1 Å². The molecule has 2 aromatic carbocycles. The van der Waals surface area contributed by atoms with Gasteiger partial charge in [-0.25, -0.2) is 9.78 Å². The molecule has 6 heteroatoms. The van der Waals surface area contributed by atoms with E-state index in [1.807, 2.05) is 30.3 Å². The van der Waals surface area contributed by atoms with Crippen LogP contribution < -0.4 is 4.74 Å². The van der Waals surface area contributed by atoms with Gasteiger partial charge in [-0.1, -0.05) is 32.9 Å². The molecule has 29 heavy (non-hydrogen) atoms. The van der Waals surface area contributed by atoms with Gasteiger partial charge in [0.25, 0.3) is 0 Å². The van der Waals surface area contributed by atoms with Crippen LogP contribution in [-0.2, 0) is 12.0 Å². The summed E-state index contributed by atoms with van der Waals surface area (Å²) in [6.45, 7) is 6.71. The average Bonchev–Trinajstić information content (AvgIpc) is 3.32. The summed E-state index contributed by atoms with van der Waals surface area (Å²) in [4.78, 5) is 15.8. The molecular weight excluding hydrogens is 386 g/mol. The van der Waals surface area contributed by atoms with Crippen molar-refractivity contribution in [2.45, 2.75) is 32.8 Å². The van der Waals surface area contributed by atoms with E-state index in [9.17, 15) is 4.79 Å². The summed E-state index contributed by atoms with van der Waals surface area (Å²) in [6, 6.07) is 14.4. The topological polar surface area (TPSA) is 72.6 Å². The van der Waals surface area contributed by atoms with Gasteiger partial charge < -0.3 is 14.3 Å². The van der Waals surface area contributed by atoms with Gasteiger partial charge in [0.1, 0.15) is 17.9 Å². The summed E-state index contributed by atoms with van der Waals surface area (Å²) < 4.78 is 11.8. The minimum Gasteiger partial charge on any atom is -0.489 e. The second kappa shape index (κ2) is 7.37. The summed E-state index contributed by atoms with van der Waals surface area (Å²) in [5, 5.41) is 13.0. The molecule has 5 nitrogen and oxygen atoms in total. The standard InChI is InChI=1S/C23H21NO4S/c1-23(2,3)20-13-29-21(24-20)19-11-16-10-17(7-8-18(16)28-19)27-12-14-5-4-6-15(9-14)22(25)26/h4-11,13H,12H2,1-3H3,(H,25,26). The summed E-state index contributed by atoms with van der Waals surface area (Å²) in [5.74, 6) is 0.489. The molecule has 0 bridgehead atoms. The fraction of sp³-hybridized carbons (Fsp3) is 0.217. The molecule has 0 aliphatic rings. The molecule has 0 spiro atoms. The van der Waals surface area contributed by atoms with Crippen molar-refractivity contribution in [3.8, 4) is 16.5 Å². The van der Waals surface area contributed by atoms with Gasteiger partial charge >= 0.3 is 5.97 Å². The molecule has 0 saturated heterocycles. The van der Waals surface area contributed by atoms with Gasteiger partial charge in [0.15, 0.2) is 10.8 Å². The van der Waals surface area contributed by atoms with Crippen molar-refractivity contribution in [1.82, 2.24) is 4.98 Å². The third-order valence-electron chi connectivity index (χ3n) is 4.55. The van der Waals surface area contributed by atoms with Crippen LogP contribution in [0.5, 0.6) is 5.75 Å². The number of thiazole rings is 1. The van der Waals surface area contributed by atoms with E-state index < -0.39 is 5.97 Å². The van der Waals surface area contributed by atoms with Crippen molar-refractivity contribution in [3.63, 3.8) is 0 Å². The Hall–Kier alpha value is -3.12. The van der Waals surface area contributed by atoms with Crippen LogP contribution in [0.1, 0.15) is 42.4 Å². The van der Waals surface area contributed by atoms with E-state index in [-0.39, 0.29) is 11.0 Å². The number of nitrogens with zero attached hydrogens (tertiary/aromatic N) is 1. The van der Waals surface area contributed by atoms with Crippen LogP contribution in [0.15, 0.2) is 58.3 Å². The van der Waals surface area contributed by atoms with Crippen molar-refractivity contribution in [1.29, 1.82) is 0 Å².